The smallest absolute Gasteiger partial charge is 0.319 e. The highest BCUT2D eigenvalue weighted by atomic mass is 19.4. The lowest BCUT2D eigenvalue weighted by molar-refractivity contribution is -0.137. The average Bonchev–Trinajstić information content (AvgIpc) is 2.92. The number of aryl methyl sites for hydroxylation is 1. The zero-order valence-electron chi connectivity index (χ0n) is 11.8. The summed E-state index contributed by atoms with van der Waals surface area (Å²) in [6.45, 7) is 1.78. The van der Waals surface area contributed by atoms with Gasteiger partial charge in [-0.3, -0.25) is 4.79 Å². The van der Waals surface area contributed by atoms with E-state index in [9.17, 15) is 18.0 Å². The summed E-state index contributed by atoms with van der Waals surface area (Å²) >= 11 is 0. The Kier molecular flexibility index (Phi) is 3.47. The summed E-state index contributed by atoms with van der Waals surface area (Å²) in [5, 5.41) is 6.46. The van der Waals surface area contributed by atoms with Crippen molar-refractivity contribution >= 4 is 17.4 Å². The highest BCUT2D eigenvalue weighted by Crippen LogP contribution is 2.29. The number of rotatable bonds is 2. The van der Waals surface area contributed by atoms with Crippen LogP contribution >= 0.6 is 0 Å². The van der Waals surface area contributed by atoms with E-state index in [0.717, 1.165) is 17.8 Å². The van der Waals surface area contributed by atoms with Crippen LogP contribution in [0.5, 0.6) is 0 Å². The Morgan fingerprint density at radius 2 is 1.87 bits per heavy atom. The van der Waals surface area contributed by atoms with Gasteiger partial charge in [-0.25, -0.2) is 9.50 Å². The standard InChI is InChI=1S/C14H10F3N5O/c1-8-6-7-18-13-20-11(21-22(8)13)12(23)19-10-4-2-9(3-5-10)14(15,16)17/h2-7H,1H3,(H,19,23). The molecule has 0 atom stereocenters. The number of nitrogens with zero attached hydrogens (tertiary/aromatic N) is 4. The molecule has 23 heavy (non-hydrogen) atoms. The SMILES string of the molecule is Cc1ccnc2nc(C(=O)Nc3ccc(C(F)(F)F)cc3)nn12. The van der Waals surface area contributed by atoms with Gasteiger partial charge < -0.3 is 5.32 Å². The van der Waals surface area contributed by atoms with Gasteiger partial charge in [-0.05, 0) is 37.3 Å². The Morgan fingerprint density at radius 1 is 1.17 bits per heavy atom. The van der Waals surface area contributed by atoms with Crippen LogP contribution in [0.15, 0.2) is 36.5 Å². The minimum atomic E-state index is -4.42. The van der Waals surface area contributed by atoms with Crippen molar-refractivity contribution < 1.29 is 18.0 Å². The molecule has 0 aliphatic rings. The number of fused-ring (bicyclic) bond motifs is 1. The second-order valence-electron chi connectivity index (χ2n) is 4.76. The molecule has 0 saturated carbocycles. The Labute approximate surface area is 128 Å². The molecule has 0 aliphatic carbocycles. The molecule has 0 fully saturated rings. The quantitative estimate of drug-likeness (QED) is 0.788. The third kappa shape index (κ3) is 2.98. The van der Waals surface area contributed by atoms with E-state index >= 15 is 0 Å². The summed E-state index contributed by atoms with van der Waals surface area (Å²) in [7, 11) is 0. The van der Waals surface area contributed by atoms with E-state index in [1.165, 1.54) is 22.8 Å². The molecule has 0 aliphatic heterocycles. The summed E-state index contributed by atoms with van der Waals surface area (Å²) < 4.78 is 38.9. The lowest BCUT2D eigenvalue weighted by Crippen LogP contribution is -2.14. The van der Waals surface area contributed by atoms with E-state index in [0.29, 0.717) is 0 Å². The van der Waals surface area contributed by atoms with Crippen LogP contribution in [0.25, 0.3) is 5.78 Å². The molecule has 1 aromatic carbocycles. The first-order valence-electron chi connectivity index (χ1n) is 6.51. The fourth-order valence-electron chi connectivity index (χ4n) is 1.93. The third-order valence-electron chi connectivity index (χ3n) is 3.10. The van der Waals surface area contributed by atoms with Gasteiger partial charge in [0.05, 0.1) is 5.56 Å². The van der Waals surface area contributed by atoms with Crippen molar-refractivity contribution in [3.63, 3.8) is 0 Å². The zero-order chi connectivity index (χ0) is 16.6. The Bertz CT molecular complexity index is 870. The summed E-state index contributed by atoms with van der Waals surface area (Å²) in [6, 6.07) is 5.82. The number of aromatic nitrogens is 4. The Morgan fingerprint density at radius 3 is 2.48 bits per heavy atom. The molecule has 0 radical (unpaired) electrons. The number of carbonyl (C=O) groups excluding carboxylic acids is 1. The van der Waals surface area contributed by atoms with Gasteiger partial charge in [0.2, 0.25) is 5.82 Å². The van der Waals surface area contributed by atoms with E-state index in [-0.39, 0.29) is 17.3 Å². The maximum atomic E-state index is 12.5. The summed E-state index contributed by atoms with van der Waals surface area (Å²) in [4.78, 5) is 20.0. The molecular formula is C14H10F3N5O. The molecule has 2 aromatic heterocycles. The van der Waals surface area contributed by atoms with Crippen LogP contribution in [-0.4, -0.2) is 25.5 Å². The normalized spacial score (nSPS) is 11.7. The van der Waals surface area contributed by atoms with Crippen LogP contribution in [0.3, 0.4) is 0 Å². The maximum Gasteiger partial charge on any atom is 0.416 e. The highest BCUT2D eigenvalue weighted by Gasteiger charge is 2.30. The van der Waals surface area contributed by atoms with Gasteiger partial charge in [-0.1, -0.05) is 0 Å². The average molecular weight is 321 g/mol. The van der Waals surface area contributed by atoms with E-state index in [4.69, 9.17) is 0 Å². The van der Waals surface area contributed by atoms with Crippen molar-refractivity contribution in [2.75, 3.05) is 5.32 Å². The molecule has 2 heterocycles. The van der Waals surface area contributed by atoms with Crippen molar-refractivity contribution in [2.24, 2.45) is 0 Å². The minimum Gasteiger partial charge on any atom is -0.319 e. The fourth-order valence-corrected chi connectivity index (χ4v) is 1.93. The number of hydrogen-bond donors (Lipinski definition) is 1. The number of nitrogens with one attached hydrogen (secondary N) is 1. The van der Waals surface area contributed by atoms with Crippen molar-refractivity contribution in [3.05, 3.63) is 53.6 Å². The molecule has 3 aromatic rings. The number of anilines is 1. The van der Waals surface area contributed by atoms with Crippen LogP contribution in [0, 0.1) is 6.92 Å². The van der Waals surface area contributed by atoms with Crippen LogP contribution in [0.4, 0.5) is 18.9 Å². The number of hydrogen-bond acceptors (Lipinski definition) is 4. The fraction of sp³-hybridized carbons (Fsp3) is 0.143. The lowest BCUT2D eigenvalue weighted by Gasteiger charge is -2.07. The van der Waals surface area contributed by atoms with E-state index < -0.39 is 17.6 Å². The predicted molar refractivity (Wildman–Crippen MR) is 74.9 cm³/mol. The maximum absolute atomic E-state index is 12.5. The second kappa shape index (κ2) is 5.34. The molecule has 1 N–H and O–H groups in total. The number of alkyl halides is 3. The summed E-state index contributed by atoms with van der Waals surface area (Å²) in [6.07, 6.45) is -2.88. The van der Waals surface area contributed by atoms with Crippen molar-refractivity contribution in [2.45, 2.75) is 13.1 Å². The number of benzene rings is 1. The first-order valence-corrected chi connectivity index (χ1v) is 6.51. The van der Waals surface area contributed by atoms with Gasteiger partial charge in [0.1, 0.15) is 0 Å². The van der Waals surface area contributed by atoms with Crippen LogP contribution in [0.1, 0.15) is 21.9 Å². The van der Waals surface area contributed by atoms with Gasteiger partial charge in [0, 0.05) is 17.6 Å². The molecular weight excluding hydrogens is 311 g/mol. The third-order valence-corrected chi connectivity index (χ3v) is 3.10. The lowest BCUT2D eigenvalue weighted by atomic mass is 10.2. The van der Waals surface area contributed by atoms with Crippen LogP contribution in [-0.2, 0) is 6.18 Å². The number of amides is 1. The Balaban J connectivity index is 1.82. The van der Waals surface area contributed by atoms with Crippen molar-refractivity contribution in [3.8, 4) is 0 Å². The molecule has 1 amide bonds. The molecule has 0 bridgehead atoms. The summed E-state index contributed by atoms with van der Waals surface area (Å²) in [5.41, 5.74) is 0.170. The van der Waals surface area contributed by atoms with E-state index in [2.05, 4.69) is 20.4 Å². The second-order valence-corrected chi connectivity index (χ2v) is 4.76. The van der Waals surface area contributed by atoms with Gasteiger partial charge in [-0.2, -0.15) is 18.2 Å². The number of carbonyl (C=O) groups is 1. The molecule has 0 unspecified atom stereocenters. The zero-order valence-corrected chi connectivity index (χ0v) is 11.8. The first-order chi connectivity index (χ1) is 10.8. The minimum absolute atomic E-state index is 0.119. The van der Waals surface area contributed by atoms with E-state index in [1.807, 2.05) is 0 Å². The van der Waals surface area contributed by atoms with Crippen molar-refractivity contribution in [1.82, 2.24) is 19.6 Å². The van der Waals surface area contributed by atoms with Gasteiger partial charge >= 0.3 is 6.18 Å². The largest absolute Gasteiger partial charge is 0.416 e. The van der Waals surface area contributed by atoms with Crippen LogP contribution in [0.2, 0.25) is 0 Å². The topological polar surface area (TPSA) is 72.2 Å². The Hall–Kier alpha value is -2.97. The highest BCUT2D eigenvalue weighted by molar-refractivity contribution is 6.01. The summed E-state index contributed by atoms with van der Waals surface area (Å²) in [5.74, 6) is -0.482. The molecule has 3 rings (SSSR count). The van der Waals surface area contributed by atoms with Gasteiger partial charge in [-0.15, -0.1) is 5.10 Å². The van der Waals surface area contributed by atoms with Crippen LogP contribution < -0.4 is 5.32 Å². The molecule has 6 nitrogen and oxygen atoms in total. The van der Waals surface area contributed by atoms with Crippen molar-refractivity contribution in [1.29, 1.82) is 0 Å². The molecule has 118 valence electrons. The number of halogens is 3. The monoisotopic (exact) mass is 321 g/mol. The van der Waals surface area contributed by atoms with E-state index in [1.54, 1.807) is 13.0 Å². The molecule has 0 spiro atoms. The van der Waals surface area contributed by atoms with Gasteiger partial charge in [0.25, 0.3) is 11.7 Å². The molecule has 9 heteroatoms. The predicted octanol–water partition coefficient (Wildman–Crippen LogP) is 2.70. The van der Waals surface area contributed by atoms with Gasteiger partial charge in [0.15, 0.2) is 0 Å². The molecule has 0 saturated heterocycles. The first kappa shape index (κ1) is 14.9.